The normalized spacial score (nSPS) is 10.8. The van der Waals surface area contributed by atoms with Gasteiger partial charge in [0.05, 0.1) is 5.54 Å². The van der Waals surface area contributed by atoms with Crippen LogP contribution in [-0.2, 0) is 0 Å². The number of hydrazine groups is 1. The maximum atomic E-state index is 12.7. The van der Waals surface area contributed by atoms with Gasteiger partial charge in [-0.1, -0.05) is 29.8 Å². The SMILES string of the molecule is CC(C)(C)N(NC(=O)Nc1ccccc1)C(=O)c1ccc(Cl)cc1. The Labute approximate surface area is 146 Å². The van der Waals surface area contributed by atoms with E-state index in [4.69, 9.17) is 11.6 Å². The molecule has 6 heteroatoms. The van der Waals surface area contributed by atoms with Gasteiger partial charge < -0.3 is 5.32 Å². The van der Waals surface area contributed by atoms with E-state index in [1.54, 1.807) is 36.4 Å². The summed E-state index contributed by atoms with van der Waals surface area (Å²) in [5.74, 6) is -0.317. The number of carbonyl (C=O) groups is 2. The third-order valence-electron chi connectivity index (χ3n) is 3.21. The number of rotatable bonds is 2. The maximum absolute atomic E-state index is 12.7. The molecular formula is C18H20ClN3O2. The molecule has 3 amide bonds. The van der Waals surface area contributed by atoms with E-state index in [9.17, 15) is 9.59 Å². The summed E-state index contributed by atoms with van der Waals surface area (Å²) in [6.07, 6.45) is 0. The topological polar surface area (TPSA) is 61.4 Å². The maximum Gasteiger partial charge on any atom is 0.338 e. The van der Waals surface area contributed by atoms with Crippen LogP contribution in [0.25, 0.3) is 0 Å². The Hall–Kier alpha value is -2.53. The number of benzene rings is 2. The molecule has 2 aromatic carbocycles. The molecule has 0 aliphatic heterocycles. The van der Waals surface area contributed by atoms with Gasteiger partial charge in [-0.05, 0) is 57.2 Å². The fourth-order valence-corrected chi connectivity index (χ4v) is 2.15. The third kappa shape index (κ3) is 4.73. The van der Waals surface area contributed by atoms with Gasteiger partial charge in [0, 0.05) is 16.3 Å². The zero-order valence-corrected chi connectivity index (χ0v) is 14.6. The van der Waals surface area contributed by atoms with Crippen LogP contribution in [0.3, 0.4) is 0 Å². The average molecular weight is 346 g/mol. The summed E-state index contributed by atoms with van der Waals surface area (Å²) in [5.41, 5.74) is 3.09. The Morgan fingerprint density at radius 1 is 0.958 bits per heavy atom. The van der Waals surface area contributed by atoms with E-state index in [-0.39, 0.29) is 5.91 Å². The quantitative estimate of drug-likeness (QED) is 0.796. The van der Waals surface area contributed by atoms with Gasteiger partial charge in [0.25, 0.3) is 5.91 Å². The molecule has 0 saturated heterocycles. The molecule has 0 spiro atoms. The number of para-hydroxylation sites is 1. The van der Waals surface area contributed by atoms with Crippen molar-refractivity contribution in [2.75, 3.05) is 5.32 Å². The second-order valence-electron chi connectivity index (χ2n) is 6.25. The van der Waals surface area contributed by atoms with Gasteiger partial charge in [0.2, 0.25) is 0 Å². The van der Waals surface area contributed by atoms with Crippen molar-refractivity contribution in [1.82, 2.24) is 10.4 Å². The summed E-state index contributed by atoms with van der Waals surface area (Å²) < 4.78 is 0. The van der Waals surface area contributed by atoms with Crippen molar-refractivity contribution in [2.45, 2.75) is 26.3 Å². The summed E-state index contributed by atoms with van der Waals surface area (Å²) in [6, 6.07) is 15.1. The van der Waals surface area contributed by atoms with E-state index in [0.717, 1.165) is 0 Å². The van der Waals surface area contributed by atoms with Crippen LogP contribution in [0.15, 0.2) is 54.6 Å². The van der Waals surface area contributed by atoms with Crippen LogP contribution in [0, 0.1) is 0 Å². The Balaban J connectivity index is 2.15. The van der Waals surface area contributed by atoms with Crippen LogP contribution in [-0.4, -0.2) is 22.5 Å². The molecule has 0 heterocycles. The van der Waals surface area contributed by atoms with Gasteiger partial charge in [0.1, 0.15) is 0 Å². The number of urea groups is 1. The molecule has 0 radical (unpaired) electrons. The number of anilines is 1. The Morgan fingerprint density at radius 2 is 1.54 bits per heavy atom. The Morgan fingerprint density at radius 3 is 2.08 bits per heavy atom. The Bertz CT molecular complexity index is 709. The molecule has 2 rings (SSSR count). The predicted octanol–water partition coefficient (Wildman–Crippen LogP) is 4.32. The molecule has 0 saturated carbocycles. The van der Waals surface area contributed by atoms with Gasteiger partial charge in [0.15, 0.2) is 0 Å². The first-order valence-electron chi connectivity index (χ1n) is 7.50. The molecule has 0 atom stereocenters. The molecule has 2 N–H and O–H groups in total. The summed E-state index contributed by atoms with van der Waals surface area (Å²) in [4.78, 5) is 25.0. The van der Waals surface area contributed by atoms with Crippen molar-refractivity contribution in [3.63, 3.8) is 0 Å². The number of hydrogen-bond donors (Lipinski definition) is 2. The van der Waals surface area contributed by atoms with Gasteiger partial charge in [-0.2, -0.15) is 0 Å². The van der Waals surface area contributed by atoms with Gasteiger partial charge in [-0.3, -0.25) is 4.79 Å². The standard InChI is InChI=1S/C18H20ClN3O2/c1-18(2,3)22(16(23)13-9-11-14(19)12-10-13)21-17(24)20-15-7-5-4-6-8-15/h4-12H,1-3H3,(H2,20,21,24). The summed E-state index contributed by atoms with van der Waals surface area (Å²) in [6.45, 7) is 5.51. The number of halogens is 1. The second kappa shape index (κ2) is 7.36. The van der Waals surface area contributed by atoms with Gasteiger partial charge in [-0.25, -0.2) is 15.2 Å². The highest BCUT2D eigenvalue weighted by Gasteiger charge is 2.29. The zero-order chi connectivity index (χ0) is 17.7. The fourth-order valence-electron chi connectivity index (χ4n) is 2.03. The van der Waals surface area contributed by atoms with Crippen molar-refractivity contribution in [3.8, 4) is 0 Å². The van der Waals surface area contributed by atoms with Crippen LogP contribution in [0.2, 0.25) is 5.02 Å². The summed E-state index contributed by atoms with van der Waals surface area (Å²) >= 11 is 5.86. The first-order chi connectivity index (χ1) is 11.3. The number of hydrogen-bond acceptors (Lipinski definition) is 2. The van der Waals surface area contributed by atoms with Crippen molar-refractivity contribution in [2.24, 2.45) is 0 Å². The van der Waals surface area contributed by atoms with Crippen molar-refractivity contribution < 1.29 is 9.59 Å². The molecule has 24 heavy (non-hydrogen) atoms. The van der Waals surface area contributed by atoms with Crippen LogP contribution in [0.1, 0.15) is 31.1 Å². The van der Waals surface area contributed by atoms with Crippen LogP contribution in [0.5, 0.6) is 0 Å². The van der Waals surface area contributed by atoms with E-state index in [0.29, 0.717) is 16.3 Å². The van der Waals surface area contributed by atoms with E-state index in [2.05, 4.69) is 10.7 Å². The third-order valence-corrected chi connectivity index (χ3v) is 3.46. The smallest absolute Gasteiger partial charge is 0.307 e. The molecular weight excluding hydrogens is 326 g/mol. The van der Waals surface area contributed by atoms with Gasteiger partial charge >= 0.3 is 6.03 Å². The van der Waals surface area contributed by atoms with E-state index in [1.807, 2.05) is 39.0 Å². The lowest BCUT2D eigenvalue weighted by molar-refractivity contribution is 0.0460. The minimum absolute atomic E-state index is 0.317. The largest absolute Gasteiger partial charge is 0.338 e. The summed E-state index contributed by atoms with van der Waals surface area (Å²) in [7, 11) is 0. The number of nitrogens with zero attached hydrogens (tertiary/aromatic N) is 1. The second-order valence-corrected chi connectivity index (χ2v) is 6.69. The highest BCUT2D eigenvalue weighted by molar-refractivity contribution is 6.30. The molecule has 2 aromatic rings. The molecule has 5 nitrogen and oxygen atoms in total. The number of carbonyl (C=O) groups excluding carboxylic acids is 2. The highest BCUT2D eigenvalue weighted by atomic mass is 35.5. The first kappa shape index (κ1) is 17.8. The Kier molecular flexibility index (Phi) is 5.46. The highest BCUT2D eigenvalue weighted by Crippen LogP contribution is 2.17. The van der Waals surface area contributed by atoms with E-state index in [1.165, 1.54) is 5.01 Å². The molecule has 0 aliphatic rings. The molecule has 0 unspecified atom stereocenters. The lowest BCUT2D eigenvalue weighted by Gasteiger charge is -2.35. The van der Waals surface area contributed by atoms with E-state index < -0.39 is 11.6 Å². The molecule has 0 bridgehead atoms. The zero-order valence-electron chi connectivity index (χ0n) is 13.8. The van der Waals surface area contributed by atoms with Crippen molar-refractivity contribution >= 4 is 29.2 Å². The lowest BCUT2D eigenvalue weighted by Crippen LogP contribution is -2.56. The predicted molar refractivity (Wildman–Crippen MR) is 96.0 cm³/mol. The molecule has 126 valence electrons. The van der Waals surface area contributed by atoms with Crippen LogP contribution >= 0.6 is 11.6 Å². The van der Waals surface area contributed by atoms with Crippen molar-refractivity contribution in [1.29, 1.82) is 0 Å². The lowest BCUT2D eigenvalue weighted by atomic mass is 10.1. The monoisotopic (exact) mass is 345 g/mol. The average Bonchev–Trinajstić information content (AvgIpc) is 2.52. The molecule has 0 fully saturated rings. The number of nitrogens with one attached hydrogen (secondary N) is 2. The minimum atomic E-state index is -0.606. The van der Waals surface area contributed by atoms with Crippen molar-refractivity contribution in [3.05, 3.63) is 65.2 Å². The van der Waals surface area contributed by atoms with Gasteiger partial charge in [-0.15, -0.1) is 0 Å². The molecule has 0 aliphatic carbocycles. The number of amides is 3. The molecule has 0 aromatic heterocycles. The summed E-state index contributed by atoms with van der Waals surface area (Å²) in [5, 5.41) is 4.54. The fraction of sp³-hybridized carbons (Fsp3) is 0.222. The van der Waals surface area contributed by atoms with Crippen LogP contribution in [0.4, 0.5) is 10.5 Å². The van der Waals surface area contributed by atoms with E-state index >= 15 is 0 Å². The first-order valence-corrected chi connectivity index (χ1v) is 7.88. The van der Waals surface area contributed by atoms with Crippen LogP contribution < -0.4 is 10.7 Å². The minimum Gasteiger partial charge on any atom is -0.307 e.